The molecule has 8 heteroatoms. The number of rotatable bonds is 1. The van der Waals surface area contributed by atoms with E-state index >= 15 is 0 Å². The second-order valence-corrected chi connectivity index (χ2v) is 9.07. The maximum Gasteiger partial charge on any atom is 0.264 e. The van der Waals surface area contributed by atoms with Crippen LogP contribution in [0.15, 0.2) is 0 Å². The third kappa shape index (κ3) is 1.45. The molecule has 1 aliphatic carbocycles. The average molecular weight is 330 g/mol. The number of aliphatic hydroxyl groups excluding tert-OH is 2. The van der Waals surface area contributed by atoms with Crippen LogP contribution in [0, 0.1) is 5.92 Å². The number of likely N-dealkylation sites (N-methyl/N-ethyl adjacent to an activating group) is 1. The van der Waals surface area contributed by atoms with Gasteiger partial charge in [-0.15, -0.1) is 0 Å². The van der Waals surface area contributed by atoms with Crippen molar-refractivity contribution < 1.29 is 19.8 Å². The van der Waals surface area contributed by atoms with Gasteiger partial charge in [-0.3, -0.25) is 9.59 Å². The van der Waals surface area contributed by atoms with Crippen molar-refractivity contribution in [2.24, 2.45) is 5.92 Å². The molecule has 4 saturated heterocycles. The first-order valence-corrected chi connectivity index (χ1v) is 9.41. The van der Waals surface area contributed by atoms with Crippen molar-refractivity contribution in [1.82, 2.24) is 9.80 Å². The number of aliphatic hydroxyl groups is 2. The van der Waals surface area contributed by atoms with Crippen LogP contribution in [0.2, 0.25) is 0 Å². The highest BCUT2D eigenvalue weighted by Crippen LogP contribution is 2.65. The molecule has 5 atom stereocenters. The highest BCUT2D eigenvalue weighted by atomic mass is 33.1. The molecule has 4 heterocycles. The molecule has 116 valence electrons. The van der Waals surface area contributed by atoms with Crippen LogP contribution in [0.1, 0.15) is 25.7 Å². The Bertz CT molecular complexity index is 532. The molecule has 5 aliphatic rings. The van der Waals surface area contributed by atoms with Crippen LogP contribution in [0.5, 0.6) is 0 Å². The number of hydrogen-bond acceptors (Lipinski definition) is 6. The van der Waals surface area contributed by atoms with Gasteiger partial charge in [0, 0.05) is 7.05 Å². The van der Waals surface area contributed by atoms with Gasteiger partial charge < -0.3 is 20.0 Å². The molecule has 2 amide bonds. The lowest BCUT2D eigenvalue weighted by atomic mass is 9.82. The Kier molecular flexibility index (Phi) is 2.91. The molecule has 21 heavy (non-hydrogen) atoms. The van der Waals surface area contributed by atoms with Crippen LogP contribution in [0.25, 0.3) is 0 Å². The van der Waals surface area contributed by atoms with Gasteiger partial charge in [0.2, 0.25) is 4.87 Å². The van der Waals surface area contributed by atoms with Crippen molar-refractivity contribution in [2.75, 3.05) is 13.7 Å². The summed E-state index contributed by atoms with van der Waals surface area (Å²) in [4.78, 5) is 26.8. The first kappa shape index (κ1) is 14.2. The summed E-state index contributed by atoms with van der Waals surface area (Å²) in [5, 5.41) is 20.1. The lowest BCUT2D eigenvalue weighted by Gasteiger charge is -2.58. The Balaban J connectivity index is 1.85. The van der Waals surface area contributed by atoms with Crippen molar-refractivity contribution in [1.29, 1.82) is 0 Å². The van der Waals surface area contributed by atoms with Crippen LogP contribution >= 0.6 is 21.6 Å². The molecule has 1 saturated carbocycles. The predicted octanol–water partition coefficient (Wildman–Crippen LogP) is 0.000200. The summed E-state index contributed by atoms with van der Waals surface area (Å²) in [7, 11) is 4.29. The van der Waals surface area contributed by atoms with E-state index in [0.29, 0.717) is 12.8 Å². The Hall–Kier alpha value is -0.440. The Labute approximate surface area is 130 Å². The van der Waals surface area contributed by atoms with Crippen molar-refractivity contribution in [3.8, 4) is 0 Å². The predicted molar refractivity (Wildman–Crippen MR) is 79.1 cm³/mol. The number of carbonyl (C=O) groups is 2. The van der Waals surface area contributed by atoms with E-state index < -0.39 is 22.5 Å². The molecule has 5 rings (SSSR count). The fraction of sp³-hybridized carbons (Fsp3) is 0.846. The van der Waals surface area contributed by atoms with Crippen molar-refractivity contribution >= 4 is 33.4 Å². The minimum absolute atomic E-state index is 0.110. The van der Waals surface area contributed by atoms with Gasteiger partial charge in [-0.2, -0.15) is 0 Å². The minimum Gasteiger partial charge on any atom is -0.392 e. The minimum atomic E-state index is -1.23. The van der Waals surface area contributed by atoms with Crippen LogP contribution in [0.4, 0.5) is 0 Å². The molecule has 2 N–H and O–H groups in total. The van der Waals surface area contributed by atoms with Crippen LogP contribution in [0.3, 0.4) is 0 Å². The Morgan fingerprint density at radius 2 is 2.05 bits per heavy atom. The largest absolute Gasteiger partial charge is 0.392 e. The molecular weight excluding hydrogens is 312 g/mol. The smallest absolute Gasteiger partial charge is 0.264 e. The molecule has 5 unspecified atom stereocenters. The van der Waals surface area contributed by atoms with Gasteiger partial charge in [0.25, 0.3) is 11.8 Å². The number of amides is 2. The lowest BCUT2D eigenvalue weighted by molar-refractivity contribution is -0.169. The van der Waals surface area contributed by atoms with Gasteiger partial charge in [-0.05, 0) is 36.0 Å². The van der Waals surface area contributed by atoms with Crippen molar-refractivity contribution in [3.05, 3.63) is 0 Å². The fourth-order valence-electron chi connectivity index (χ4n) is 4.33. The van der Waals surface area contributed by atoms with Gasteiger partial charge in [0.05, 0.1) is 18.8 Å². The van der Waals surface area contributed by atoms with Crippen molar-refractivity contribution in [2.45, 2.75) is 47.6 Å². The number of piperazine rings is 1. The zero-order chi connectivity index (χ0) is 15.0. The van der Waals surface area contributed by atoms with Gasteiger partial charge >= 0.3 is 0 Å². The topological polar surface area (TPSA) is 81.1 Å². The summed E-state index contributed by atoms with van der Waals surface area (Å²) in [6, 6.07) is -0.275. The summed E-state index contributed by atoms with van der Waals surface area (Å²) in [5.74, 6) is -0.151. The van der Waals surface area contributed by atoms with Gasteiger partial charge in [0.1, 0.15) is 0 Å². The fourth-order valence-corrected chi connectivity index (χ4v) is 7.99. The standard InChI is InChI=1S/C13H18N2O4S2/c1-14-10(18)12-5-7-3-2-4-8(17)9(7)15(12)11(19)13(14,6-16)21-20-12/h7-9,16-17H,2-6H2,1H3. The quantitative estimate of drug-likeness (QED) is 0.659. The van der Waals surface area contributed by atoms with E-state index in [1.165, 1.54) is 26.5 Å². The average Bonchev–Trinajstić information content (AvgIpc) is 2.83. The number of carbonyl (C=O) groups excluding carboxylic acids is 2. The van der Waals surface area contributed by atoms with Gasteiger partial charge in [0.15, 0.2) is 4.87 Å². The van der Waals surface area contributed by atoms with Gasteiger partial charge in [-0.25, -0.2) is 0 Å². The molecule has 0 aromatic carbocycles. The summed E-state index contributed by atoms with van der Waals surface area (Å²) in [6.45, 7) is -0.397. The molecule has 0 aromatic rings. The van der Waals surface area contributed by atoms with Crippen LogP contribution in [-0.2, 0) is 9.59 Å². The molecule has 2 bridgehead atoms. The SMILES string of the molecule is CN1C(=O)C23CC4CCCC(O)C4N2C(=O)C1(CO)SS3. The van der Waals surface area contributed by atoms with E-state index in [4.69, 9.17) is 0 Å². The molecule has 0 radical (unpaired) electrons. The third-order valence-electron chi connectivity index (χ3n) is 5.44. The van der Waals surface area contributed by atoms with Crippen LogP contribution < -0.4 is 0 Å². The maximum absolute atomic E-state index is 13.0. The zero-order valence-electron chi connectivity index (χ0n) is 11.7. The lowest BCUT2D eigenvalue weighted by Crippen LogP contribution is -2.77. The second-order valence-electron chi connectivity index (χ2n) is 6.39. The van der Waals surface area contributed by atoms with Gasteiger partial charge in [-0.1, -0.05) is 17.2 Å². The summed E-state index contributed by atoms with van der Waals surface area (Å²) in [5.41, 5.74) is 0. The summed E-state index contributed by atoms with van der Waals surface area (Å²) < 4.78 is 0. The molecule has 4 aliphatic heterocycles. The number of hydrogen-bond donors (Lipinski definition) is 2. The maximum atomic E-state index is 13.0. The molecular formula is C13H18N2O4S2. The Morgan fingerprint density at radius 3 is 2.76 bits per heavy atom. The van der Waals surface area contributed by atoms with Crippen molar-refractivity contribution in [3.63, 3.8) is 0 Å². The van der Waals surface area contributed by atoms with E-state index in [1.54, 1.807) is 11.9 Å². The highest BCUT2D eigenvalue weighted by molar-refractivity contribution is 8.78. The Morgan fingerprint density at radius 1 is 1.29 bits per heavy atom. The van der Waals surface area contributed by atoms with E-state index in [-0.39, 0.29) is 23.8 Å². The molecule has 1 spiro atoms. The van der Waals surface area contributed by atoms with Crippen LogP contribution in [-0.4, -0.2) is 67.4 Å². The third-order valence-corrected chi connectivity index (χ3v) is 9.10. The normalized spacial score (nSPS) is 48.6. The molecule has 5 fully saturated rings. The highest BCUT2D eigenvalue weighted by Gasteiger charge is 2.73. The molecule has 0 aromatic heterocycles. The first-order chi connectivity index (χ1) is 9.98. The van der Waals surface area contributed by atoms with E-state index in [9.17, 15) is 19.8 Å². The first-order valence-electron chi connectivity index (χ1n) is 7.26. The van der Waals surface area contributed by atoms with E-state index in [2.05, 4.69) is 0 Å². The zero-order valence-corrected chi connectivity index (χ0v) is 13.3. The summed E-state index contributed by atoms with van der Waals surface area (Å²) >= 11 is 0. The number of fused-ring (bicyclic) bond motifs is 3. The number of nitrogens with zero attached hydrogens (tertiary/aromatic N) is 2. The monoisotopic (exact) mass is 330 g/mol. The second kappa shape index (κ2) is 4.31. The summed E-state index contributed by atoms with van der Waals surface area (Å²) in [6.07, 6.45) is 2.61. The van der Waals surface area contributed by atoms with E-state index in [0.717, 1.165) is 12.8 Å². The molecule has 6 nitrogen and oxygen atoms in total. The van der Waals surface area contributed by atoms with E-state index in [1.807, 2.05) is 0 Å².